The van der Waals surface area contributed by atoms with Crippen molar-refractivity contribution in [3.05, 3.63) is 17.3 Å². The zero-order valence-corrected chi connectivity index (χ0v) is 12.4. The highest BCUT2D eigenvalue weighted by molar-refractivity contribution is 5.63. The summed E-state index contributed by atoms with van der Waals surface area (Å²) in [6.07, 6.45) is -4.96. The van der Waals surface area contributed by atoms with Gasteiger partial charge in [0.1, 0.15) is 11.4 Å². The quantitative estimate of drug-likeness (QED) is 0.859. The molecule has 2 aromatic rings. The summed E-state index contributed by atoms with van der Waals surface area (Å²) in [5.74, 6) is -0.993. The molecule has 0 spiro atoms. The smallest absolute Gasteiger partial charge is 0.415 e. The normalized spacial score (nSPS) is 19.8. The Morgan fingerprint density at radius 3 is 2.67 bits per heavy atom. The lowest BCUT2D eigenvalue weighted by molar-refractivity contribution is -0.261. The van der Waals surface area contributed by atoms with Gasteiger partial charge < -0.3 is 14.4 Å². The molecule has 0 fully saturated rings. The lowest BCUT2D eigenvalue weighted by atomic mass is 9.88. The van der Waals surface area contributed by atoms with Crippen LogP contribution in [0.2, 0.25) is 0 Å². The number of aliphatic hydroxyl groups is 1. The molecule has 3 rings (SSSR count). The van der Waals surface area contributed by atoms with Gasteiger partial charge in [0.15, 0.2) is 5.76 Å². The summed E-state index contributed by atoms with van der Waals surface area (Å²) in [6, 6.07) is 1.12. The van der Waals surface area contributed by atoms with E-state index in [1.54, 1.807) is 6.92 Å². The molecular weight excluding hydrogens is 341 g/mol. The van der Waals surface area contributed by atoms with E-state index in [1.165, 1.54) is 4.68 Å². The highest BCUT2D eigenvalue weighted by atomic mass is 19.4. The van der Waals surface area contributed by atoms with Crippen LogP contribution in [0.15, 0.2) is 10.6 Å². The number of nitrogens with zero attached hydrogens (tertiary/aromatic N) is 3. The van der Waals surface area contributed by atoms with E-state index in [0.717, 1.165) is 6.07 Å². The summed E-state index contributed by atoms with van der Waals surface area (Å²) >= 11 is 0. The van der Waals surface area contributed by atoms with Crippen molar-refractivity contribution in [3.8, 4) is 17.3 Å². The summed E-state index contributed by atoms with van der Waals surface area (Å²) in [5, 5.41) is 17.0. The Hall–Kier alpha value is -2.17. The molecule has 0 saturated carbocycles. The number of ether oxygens (including phenoxy) is 1. The van der Waals surface area contributed by atoms with Crippen molar-refractivity contribution in [2.75, 3.05) is 0 Å². The van der Waals surface area contributed by atoms with E-state index in [2.05, 4.69) is 15.0 Å². The number of hydrogen-bond acceptors (Lipinski definition) is 5. The monoisotopic (exact) mass is 353 g/mol. The van der Waals surface area contributed by atoms with Crippen LogP contribution in [-0.2, 0) is 12.1 Å². The Kier molecular flexibility index (Phi) is 3.59. The minimum Gasteiger partial charge on any atom is -0.415 e. The molecule has 3 heterocycles. The van der Waals surface area contributed by atoms with Crippen molar-refractivity contribution in [2.45, 2.75) is 44.7 Å². The van der Waals surface area contributed by atoms with Crippen LogP contribution in [0.25, 0.3) is 11.5 Å². The van der Waals surface area contributed by atoms with Crippen LogP contribution in [0.3, 0.4) is 0 Å². The number of rotatable bonds is 3. The molecule has 24 heavy (non-hydrogen) atoms. The fourth-order valence-electron chi connectivity index (χ4n) is 2.64. The molecule has 0 bridgehead atoms. The summed E-state index contributed by atoms with van der Waals surface area (Å²) < 4.78 is 74.3. The topological polar surface area (TPSA) is 73.3 Å². The predicted molar refractivity (Wildman–Crippen MR) is 68.4 cm³/mol. The van der Waals surface area contributed by atoms with Gasteiger partial charge in [-0.05, 0) is 6.92 Å². The number of alkyl halides is 5. The van der Waals surface area contributed by atoms with Gasteiger partial charge in [0, 0.05) is 24.1 Å². The van der Waals surface area contributed by atoms with Gasteiger partial charge in [0.25, 0.3) is 0 Å². The van der Waals surface area contributed by atoms with Crippen LogP contribution in [0.5, 0.6) is 5.88 Å². The summed E-state index contributed by atoms with van der Waals surface area (Å²) in [4.78, 5) is 0. The van der Waals surface area contributed by atoms with Crippen molar-refractivity contribution >= 4 is 0 Å². The second-order valence-electron chi connectivity index (χ2n) is 5.67. The lowest BCUT2D eigenvalue weighted by Gasteiger charge is -2.27. The highest BCUT2D eigenvalue weighted by Gasteiger charge is 2.55. The van der Waals surface area contributed by atoms with Crippen molar-refractivity contribution in [1.82, 2.24) is 14.9 Å². The zero-order chi connectivity index (χ0) is 17.9. The largest absolute Gasteiger partial charge is 0.422 e. The molecule has 132 valence electrons. The van der Waals surface area contributed by atoms with Crippen molar-refractivity contribution < 1.29 is 36.3 Å². The van der Waals surface area contributed by atoms with Crippen LogP contribution >= 0.6 is 0 Å². The van der Waals surface area contributed by atoms with E-state index in [0.29, 0.717) is 6.92 Å². The average Bonchev–Trinajstić information content (AvgIpc) is 3.00. The molecule has 0 unspecified atom stereocenters. The molecule has 6 nitrogen and oxygen atoms in total. The maximum Gasteiger partial charge on any atom is 0.422 e. The molecule has 0 radical (unpaired) electrons. The van der Waals surface area contributed by atoms with E-state index in [4.69, 9.17) is 4.52 Å². The number of aromatic nitrogens is 3. The second-order valence-corrected chi connectivity index (χ2v) is 5.67. The van der Waals surface area contributed by atoms with Crippen molar-refractivity contribution in [2.24, 2.45) is 0 Å². The van der Waals surface area contributed by atoms with Crippen LogP contribution in [0, 0.1) is 0 Å². The second kappa shape index (κ2) is 5.16. The van der Waals surface area contributed by atoms with Gasteiger partial charge in [-0.15, -0.1) is 5.10 Å². The van der Waals surface area contributed by atoms with Gasteiger partial charge in [0.05, 0.1) is 0 Å². The third kappa shape index (κ3) is 2.43. The number of halogens is 5. The minimum atomic E-state index is -4.96. The Morgan fingerprint density at radius 1 is 1.42 bits per heavy atom. The SMILES string of the molecule is C[C@@H]1Cn2nc(OC(F)F)cc2-c2onc([C@](C)(O)C(F)(F)F)c21. The third-order valence-electron chi connectivity index (χ3n) is 3.88. The Balaban J connectivity index is 2.10. The summed E-state index contributed by atoms with van der Waals surface area (Å²) in [5.41, 5.74) is -3.65. The molecule has 1 N–H and O–H groups in total. The maximum absolute atomic E-state index is 13.1. The van der Waals surface area contributed by atoms with Gasteiger partial charge in [0.2, 0.25) is 11.5 Å². The van der Waals surface area contributed by atoms with E-state index in [-0.39, 0.29) is 29.4 Å². The summed E-state index contributed by atoms with van der Waals surface area (Å²) in [7, 11) is 0. The fraction of sp³-hybridized carbons (Fsp3) is 0.538. The van der Waals surface area contributed by atoms with Gasteiger partial charge in [-0.1, -0.05) is 12.1 Å². The highest BCUT2D eigenvalue weighted by Crippen LogP contribution is 2.46. The first-order chi connectivity index (χ1) is 11.0. The van der Waals surface area contributed by atoms with Gasteiger partial charge >= 0.3 is 12.8 Å². The standard InChI is InChI=1S/C13H12F5N3O3/c1-5-4-21-6(3-7(19-21)23-11(14)15)9-8(5)10(20-24-9)12(2,22)13(16,17)18/h3,5,11,22H,4H2,1-2H3/t5-,12+/m1/s1. The number of fused-ring (bicyclic) bond motifs is 3. The predicted octanol–water partition coefficient (Wildman–Crippen LogP) is 3.03. The first-order valence-corrected chi connectivity index (χ1v) is 6.84. The molecular formula is C13H12F5N3O3. The minimum absolute atomic E-state index is 0.0633. The molecule has 0 saturated heterocycles. The van der Waals surface area contributed by atoms with Crippen LogP contribution in [0.1, 0.15) is 31.0 Å². The zero-order valence-electron chi connectivity index (χ0n) is 12.4. The maximum atomic E-state index is 13.1. The van der Waals surface area contributed by atoms with Crippen molar-refractivity contribution in [3.63, 3.8) is 0 Å². The van der Waals surface area contributed by atoms with Crippen molar-refractivity contribution in [1.29, 1.82) is 0 Å². The molecule has 0 aromatic carbocycles. The molecule has 2 aromatic heterocycles. The first kappa shape index (κ1) is 16.7. The van der Waals surface area contributed by atoms with Gasteiger partial charge in [-0.2, -0.15) is 22.0 Å². The lowest BCUT2D eigenvalue weighted by Crippen LogP contribution is -2.40. The molecule has 1 aliphatic rings. The van der Waals surface area contributed by atoms with E-state index in [9.17, 15) is 27.1 Å². The van der Waals surface area contributed by atoms with Gasteiger partial charge in [-0.25, -0.2) is 0 Å². The van der Waals surface area contributed by atoms with E-state index < -0.39 is 30.0 Å². The van der Waals surface area contributed by atoms with E-state index >= 15 is 0 Å². The average molecular weight is 353 g/mol. The number of hydrogen-bond donors (Lipinski definition) is 1. The Morgan fingerprint density at radius 2 is 2.08 bits per heavy atom. The Labute approximate surface area is 131 Å². The molecule has 11 heteroatoms. The van der Waals surface area contributed by atoms with Crippen LogP contribution < -0.4 is 4.74 Å². The molecule has 0 amide bonds. The fourth-order valence-corrected chi connectivity index (χ4v) is 2.64. The molecule has 1 aliphatic heterocycles. The summed E-state index contributed by atoms with van der Waals surface area (Å²) in [6.45, 7) is -0.828. The van der Waals surface area contributed by atoms with E-state index in [1.807, 2.05) is 0 Å². The Bertz CT molecular complexity index is 765. The van der Waals surface area contributed by atoms with Crippen LogP contribution in [0.4, 0.5) is 22.0 Å². The molecule has 0 aliphatic carbocycles. The third-order valence-corrected chi connectivity index (χ3v) is 3.88. The van der Waals surface area contributed by atoms with Gasteiger partial charge in [-0.3, -0.25) is 4.68 Å². The first-order valence-electron chi connectivity index (χ1n) is 6.84. The van der Waals surface area contributed by atoms with Crippen LogP contribution in [-0.4, -0.2) is 32.8 Å². The molecule has 2 atom stereocenters.